The Kier molecular flexibility index (Phi) is 5.09. The molecule has 1 fully saturated rings. The van der Waals surface area contributed by atoms with Crippen LogP contribution in [-0.2, 0) is 13.2 Å². The zero-order valence-corrected chi connectivity index (χ0v) is 15.4. The highest BCUT2D eigenvalue weighted by Crippen LogP contribution is 2.33. The SMILES string of the molecule is CCOc1ccc(CN2CCC[C@@H]2c2nc3ccc(F)cc3[nH]2)cc1CO. The highest BCUT2D eigenvalue weighted by atomic mass is 19.1. The Morgan fingerprint density at radius 3 is 3.00 bits per heavy atom. The summed E-state index contributed by atoms with van der Waals surface area (Å²) in [5.41, 5.74) is 3.48. The molecule has 5 nitrogen and oxygen atoms in total. The molecule has 0 radical (unpaired) electrons. The lowest BCUT2D eigenvalue weighted by Gasteiger charge is -2.23. The van der Waals surface area contributed by atoms with Crippen LogP contribution in [0.2, 0.25) is 0 Å². The van der Waals surface area contributed by atoms with Gasteiger partial charge in [0.15, 0.2) is 0 Å². The van der Waals surface area contributed by atoms with Gasteiger partial charge in [-0.1, -0.05) is 6.07 Å². The molecule has 0 spiro atoms. The Morgan fingerprint density at radius 2 is 2.19 bits per heavy atom. The van der Waals surface area contributed by atoms with E-state index in [1.54, 1.807) is 6.07 Å². The lowest BCUT2D eigenvalue weighted by Crippen LogP contribution is -2.23. The van der Waals surface area contributed by atoms with Gasteiger partial charge in [0.05, 0.1) is 30.3 Å². The number of benzene rings is 2. The van der Waals surface area contributed by atoms with Crippen LogP contribution in [0, 0.1) is 5.82 Å². The number of rotatable bonds is 6. The van der Waals surface area contributed by atoms with E-state index in [-0.39, 0.29) is 18.5 Å². The van der Waals surface area contributed by atoms with Crippen LogP contribution < -0.4 is 4.74 Å². The fourth-order valence-electron chi connectivity index (χ4n) is 3.87. The van der Waals surface area contributed by atoms with Crippen molar-refractivity contribution >= 4 is 11.0 Å². The second-order valence-corrected chi connectivity index (χ2v) is 6.95. The number of hydrogen-bond donors (Lipinski definition) is 2. The van der Waals surface area contributed by atoms with Crippen molar-refractivity contribution < 1.29 is 14.2 Å². The van der Waals surface area contributed by atoms with Crippen molar-refractivity contribution in [2.75, 3.05) is 13.2 Å². The summed E-state index contributed by atoms with van der Waals surface area (Å²) in [4.78, 5) is 10.3. The van der Waals surface area contributed by atoms with Crippen LogP contribution in [0.25, 0.3) is 11.0 Å². The van der Waals surface area contributed by atoms with E-state index in [1.807, 2.05) is 25.1 Å². The van der Waals surface area contributed by atoms with Gasteiger partial charge in [-0.25, -0.2) is 9.37 Å². The van der Waals surface area contributed by atoms with Gasteiger partial charge in [0.1, 0.15) is 17.4 Å². The average Bonchev–Trinajstić information content (AvgIpc) is 3.29. The van der Waals surface area contributed by atoms with E-state index >= 15 is 0 Å². The first-order chi connectivity index (χ1) is 13.2. The molecule has 4 rings (SSSR count). The number of nitrogens with zero attached hydrogens (tertiary/aromatic N) is 2. The molecule has 2 heterocycles. The summed E-state index contributed by atoms with van der Waals surface area (Å²) in [6, 6.07) is 10.8. The average molecular weight is 369 g/mol. The number of H-pyrrole nitrogens is 1. The third-order valence-electron chi connectivity index (χ3n) is 5.12. The predicted molar refractivity (Wildman–Crippen MR) is 102 cm³/mol. The second kappa shape index (κ2) is 7.66. The Bertz CT molecular complexity index is 940. The molecule has 2 N–H and O–H groups in total. The smallest absolute Gasteiger partial charge is 0.125 e. The van der Waals surface area contributed by atoms with Crippen molar-refractivity contribution in [1.29, 1.82) is 0 Å². The van der Waals surface area contributed by atoms with Gasteiger partial charge < -0.3 is 14.8 Å². The molecule has 1 aromatic heterocycles. The van der Waals surface area contributed by atoms with Gasteiger partial charge in [-0.15, -0.1) is 0 Å². The largest absolute Gasteiger partial charge is 0.494 e. The number of ether oxygens (including phenoxy) is 1. The minimum Gasteiger partial charge on any atom is -0.494 e. The van der Waals surface area contributed by atoms with E-state index < -0.39 is 0 Å². The van der Waals surface area contributed by atoms with Gasteiger partial charge in [0.2, 0.25) is 0 Å². The van der Waals surface area contributed by atoms with Gasteiger partial charge in [-0.2, -0.15) is 0 Å². The minimum atomic E-state index is -0.258. The maximum Gasteiger partial charge on any atom is 0.125 e. The van der Waals surface area contributed by atoms with Gasteiger partial charge in [-0.05, 0) is 62.2 Å². The molecule has 142 valence electrons. The molecule has 1 aliphatic heterocycles. The molecule has 2 aromatic carbocycles. The number of aromatic amines is 1. The Morgan fingerprint density at radius 1 is 1.30 bits per heavy atom. The first-order valence-electron chi connectivity index (χ1n) is 9.42. The Labute approximate surface area is 157 Å². The standard InChI is InChI=1S/C21H24FN3O2/c1-2-27-20-8-5-14(10-15(20)13-26)12-25-9-3-4-19(25)21-23-17-7-6-16(22)11-18(17)24-21/h5-8,10-11,19,26H,2-4,9,12-13H2,1H3,(H,23,24)/t19-/m1/s1. The summed E-state index contributed by atoms with van der Waals surface area (Å²) in [7, 11) is 0. The molecule has 0 amide bonds. The molecular formula is C21H24FN3O2. The van der Waals surface area contributed by atoms with E-state index in [0.717, 1.165) is 59.7 Å². The topological polar surface area (TPSA) is 61.4 Å². The molecule has 6 heteroatoms. The lowest BCUT2D eigenvalue weighted by molar-refractivity contribution is 0.239. The van der Waals surface area contributed by atoms with Gasteiger partial charge in [0, 0.05) is 12.1 Å². The number of aliphatic hydroxyl groups is 1. The Balaban J connectivity index is 1.56. The van der Waals surface area contributed by atoms with Crippen molar-refractivity contribution in [3.05, 3.63) is 59.2 Å². The van der Waals surface area contributed by atoms with Gasteiger partial charge in [-0.3, -0.25) is 4.90 Å². The normalized spacial score (nSPS) is 17.7. The third-order valence-corrected chi connectivity index (χ3v) is 5.12. The summed E-state index contributed by atoms with van der Waals surface area (Å²) >= 11 is 0. The monoisotopic (exact) mass is 369 g/mol. The summed E-state index contributed by atoms with van der Waals surface area (Å²) in [6.07, 6.45) is 2.12. The summed E-state index contributed by atoms with van der Waals surface area (Å²) < 4.78 is 19.0. The quantitative estimate of drug-likeness (QED) is 0.691. The second-order valence-electron chi connectivity index (χ2n) is 6.95. The molecular weight excluding hydrogens is 345 g/mol. The number of fused-ring (bicyclic) bond motifs is 1. The number of aliphatic hydroxyl groups excluding tert-OH is 1. The van der Waals surface area contributed by atoms with Crippen LogP contribution in [0.5, 0.6) is 5.75 Å². The maximum atomic E-state index is 13.5. The highest BCUT2D eigenvalue weighted by molar-refractivity contribution is 5.75. The summed E-state index contributed by atoms with van der Waals surface area (Å²) in [5, 5.41) is 9.62. The van der Waals surface area contributed by atoms with Crippen LogP contribution >= 0.6 is 0 Å². The summed E-state index contributed by atoms with van der Waals surface area (Å²) in [5.74, 6) is 1.37. The van der Waals surface area contributed by atoms with Crippen LogP contribution in [0.3, 0.4) is 0 Å². The first-order valence-corrected chi connectivity index (χ1v) is 9.42. The van der Waals surface area contributed by atoms with E-state index in [4.69, 9.17) is 4.74 Å². The predicted octanol–water partition coefficient (Wildman–Crippen LogP) is 3.93. The number of hydrogen-bond acceptors (Lipinski definition) is 4. The van der Waals surface area contributed by atoms with Crippen molar-refractivity contribution in [2.45, 2.75) is 39.0 Å². The third kappa shape index (κ3) is 3.68. The maximum absolute atomic E-state index is 13.5. The van der Waals surface area contributed by atoms with E-state index in [2.05, 4.69) is 14.9 Å². The lowest BCUT2D eigenvalue weighted by atomic mass is 10.1. The number of likely N-dealkylation sites (tertiary alicyclic amines) is 1. The van der Waals surface area contributed by atoms with Crippen LogP contribution in [0.1, 0.15) is 42.8 Å². The fourth-order valence-corrected chi connectivity index (χ4v) is 3.87. The van der Waals surface area contributed by atoms with Crippen LogP contribution in [0.15, 0.2) is 36.4 Å². The van der Waals surface area contributed by atoms with E-state index in [9.17, 15) is 9.50 Å². The van der Waals surface area contributed by atoms with Crippen molar-refractivity contribution in [3.63, 3.8) is 0 Å². The number of halogens is 1. The molecule has 0 bridgehead atoms. The molecule has 3 aromatic rings. The van der Waals surface area contributed by atoms with Gasteiger partial charge in [0.25, 0.3) is 0 Å². The molecule has 1 aliphatic rings. The van der Waals surface area contributed by atoms with Crippen LogP contribution in [0.4, 0.5) is 4.39 Å². The Hall–Kier alpha value is -2.44. The van der Waals surface area contributed by atoms with Gasteiger partial charge >= 0.3 is 0 Å². The van der Waals surface area contributed by atoms with E-state index in [1.165, 1.54) is 12.1 Å². The zero-order chi connectivity index (χ0) is 18.8. The number of aromatic nitrogens is 2. The van der Waals surface area contributed by atoms with Crippen molar-refractivity contribution in [3.8, 4) is 5.75 Å². The highest BCUT2D eigenvalue weighted by Gasteiger charge is 2.28. The molecule has 0 unspecified atom stereocenters. The molecule has 1 atom stereocenters. The molecule has 0 aliphatic carbocycles. The molecule has 27 heavy (non-hydrogen) atoms. The number of nitrogens with one attached hydrogen (secondary N) is 1. The first kappa shape index (κ1) is 17.9. The minimum absolute atomic E-state index is 0.0399. The number of imidazole rings is 1. The molecule has 1 saturated heterocycles. The van der Waals surface area contributed by atoms with Crippen LogP contribution in [-0.4, -0.2) is 33.1 Å². The fraction of sp³-hybridized carbons (Fsp3) is 0.381. The van der Waals surface area contributed by atoms with Crippen molar-refractivity contribution in [2.24, 2.45) is 0 Å². The van der Waals surface area contributed by atoms with Crippen molar-refractivity contribution in [1.82, 2.24) is 14.9 Å². The molecule has 0 saturated carbocycles. The summed E-state index contributed by atoms with van der Waals surface area (Å²) in [6.45, 7) is 4.23. The zero-order valence-electron chi connectivity index (χ0n) is 15.4. The van der Waals surface area contributed by atoms with E-state index in [0.29, 0.717) is 6.61 Å².